The zero-order chi connectivity index (χ0) is 18.1. The zero-order valence-electron chi connectivity index (χ0n) is 12.1. The molecule has 8 nitrogen and oxygen atoms in total. The van der Waals surface area contributed by atoms with Gasteiger partial charge >= 0.3 is 0 Å². The second-order valence-corrected chi connectivity index (χ2v) is 8.96. The average Bonchev–Trinajstić information content (AvgIpc) is 2.88. The summed E-state index contributed by atoms with van der Waals surface area (Å²) in [6.45, 7) is -0.478. The SMILES string of the molecule is O=C1SCCC1NC(=O)C1O[C@@H](OCC(Cl)(Cl)Cl)C(O)C(O)[C@@H]1O. The van der Waals surface area contributed by atoms with Crippen molar-refractivity contribution in [1.29, 1.82) is 0 Å². The summed E-state index contributed by atoms with van der Waals surface area (Å²) < 4.78 is 8.46. The summed E-state index contributed by atoms with van der Waals surface area (Å²) in [5.41, 5.74) is 0. The molecular weight excluding hydrogens is 409 g/mol. The number of alkyl halides is 3. The summed E-state index contributed by atoms with van der Waals surface area (Å²) in [5, 5.41) is 31.9. The zero-order valence-corrected chi connectivity index (χ0v) is 15.2. The highest BCUT2D eigenvalue weighted by atomic mass is 35.6. The Labute approximate surface area is 156 Å². The van der Waals surface area contributed by atoms with Gasteiger partial charge in [-0.05, 0) is 6.42 Å². The highest BCUT2D eigenvalue weighted by molar-refractivity contribution is 8.14. The predicted octanol–water partition coefficient (Wildman–Crippen LogP) is -0.671. The third kappa shape index (κ3) is 5.09. The van der Waals surface area contributed by atoms with E-state index >= 15 is 0 Å². The van der Waals surface area contributed by atoms with E-state index in [4.69, 9.17) is 44.3 Å². The number of carbonyl (C=O) groups is 2. The van der Waals surface area contributed by atoms with Gasteiger partial charge in [-0.1, -0.05) is 46.6 Å². The topological polar surface area (TPSA) is 125 Å². The summed E-state index contributed by atoms with van der Waals surface area (Å²) in [7, 11) is 0. The largest absolute Gasteiger partial charge is 0.387 e. The normalized spacial score (nSPS) is 37.5. The molecule has 0 aromatic heterocycles. The van der Waals surface area contributed by atoms with Crippen LogP contribution in [-0.4, -0.2) is 79.2 Å². The number of rotatable bonds is 4. The first-order valence-electron chi connectivity index (χ1n) is 6.95. The molecule has 2 heterocycles. The molecule has 2 aliphatic heterocycles. The highest BCUT2D eigenvalue weighted by Gasteiger charge is 2.48. The molecule has 0 aromatic rings. The van der Waals surface area contributed by atoms with E-state index in [1.807, 2.05) is 0 Å². The van der Waals surface area contributed by atoms with Crippen molar-refractivity contribution in [1.82, 2.24) is 5.32 Å². The molecule has 4 N–H and O–H groups in total. The molecule has 2 aliphatic rings. The van der Waals surface area contributed by atoms with Crippen molar-refractivity contribution in [2.75, 3.05) is 12.4 Å². The van der Waals surface area contributed by atoms with Crippen LogP contribution in [0.5, 0.6) is 0 Å². The van der Waals surface area contributed by atoms with Gasteiger partial charge in [0.05, 0.1) is 12.6 Å². The van der Waals surface area contributed by atoms with E-state index < -0.39 is 53.1 Å². The molecular formula is C12H16Cl3NO7S. The third-order valence-electron chi connectivity index (χ3n) is 3.49. The molecule has 2 saturated heterocycles. The number of hydrogen-bond acceptors (Lipinski definition) is 8. The minimum Gasteiger partial charge on any atom is -0.387 e. The van der Waals surface area contributed by atoms with Gasteiger partial charge in [0.25, 0.3) is 5.91 Å². The molecule has 1 amide bonds. The van der Waals surface area contributed by atoms with Crippen molar-refractivity contribution in [3.8, 4) is 0 Å². The van der Waals surface area contributed by atoms with E-state index in [1.54, 1.807) is 0 Å². The van der Waals surface area contributed by atoms with Crippen molar-refractivity contribution in [3.05, 3.63) is 0 Å². The van der Waals surface area contributed by atoms with Gasteiger partial charge in [0.2, 0.25) is 8.91 Å². The fraction of sp³-hybridized carbons (Fsp3) is 0.833. The molecule has 4 unspecified atom stereocenters. The minimum atomic E-state index is -1.80. The molecule has 0 radical (unpaired) electrons. The van der Waals surface area contributed by atoms with E-state index in [0.717, 1.165) is 11.8 Å². The van der Waals surface area contributed by atoms with Crippen LogP contribution in [0.4, 0.5) is 0 Å². The lowest BCUT2D eigenvalue weighted by Crippen LogP contribution is -2.63. The van der Waals surface area contributed by atoms with E-state index in [0.29, 0.717) is 12.2 Å². The van der Waals surface area contributed by atoms with Gasteiger partial charge in [0.1, 0.15) is 18.3 Å². The Morgan fingerprint density at radius 3 is 2.50 bits per heavy atom. The minimum absolute atomic E-state index is 0.196. The van der Waals surface area contributed by atoms with Crippen molar-refractivity contribution in [2.24, 2.45) is 0 Å². The Morgan fingerprint density at radius 1 is 1.29 bits per heavy atom. The summed E-state index contributed by atoms with van der Waals surface area (Å²) in [5.74, 6) is -0.231. The highest BCUT2D eigenvalue weighted by Crippen LogP contribution is 2.29. The smallest absolute Gasteiger partial charge is 0.252 e. The average molecular weight is 425 g/mol. The lowest BCUT2D eigenvalue weighted by atomic mass is 9.98. The fourth-order valence-corrected chi connectivity index (χ4v) is 3.38. The van der Waals surface area contributed by atoms with Gasteiger partial charge in [0, 0.05) is 5.75 Å². The molecule has 138 valence electrons. The maximum atomic E-state index is 12.2. The molecule has 2 rings (SSSR count). The first kappa shape index (κ1) is 20.5. The second-order valence-electron chi connectivity index (χ2n) is 5.34. The molecule has 0 aliphatic carbocycles. The van der Waals surface area contributed by atoms with E-state index in [9.17, 15) is 24.9 Å². The number of aliphatic hydroxyl groups excluding tert-OH is 3. The van der Waals surface area contributed by atoms with Crippen molar-refractivity contribution in [3.63, 3.8) is 0 Å². The van der Waals surface area contributed by atoms with Gasteiger partial charge in [0.15, 0.2) is 12.4 Å². The van der Waals surface area contributed by atoms with Crippen LogP contribution >= 0.6 is 46.6 Å². The summed E-state index contributed by atoms with van der Waals surface area (Å²) in [6.07, 6.45) is -7.68. The van der Waals surface area contributed by atoms with Gasteiger partial charge < -0.3 is 30.1 Å². The first-order valence-corrected chi connectivity index (χ1v) is 9.07. The number of nitrogens with one attached hydrogen (secondary N) is 1. The molecule has 0 aromatic carbocycles. The number of aliphatic hydroxyl groups is 3. The molecule has 6 atom stereocenters. The predicted molar refractivity (Wildman–Crippen MR) is 86.9 cm³/mol. The Bertz CT molecular complexity index is 492. The molecule has 2 fully saturated rings. The van der Waals surface area contributed by atoms with Gasteiger partial charge in [-0.25, -0.2) is 0 Å². The van der Waals surface area contributed by atoms with Crippen molar-refractivity contribution >= 4 is 57.6 Å². The maximum absolute atomic E-state index is 12.2. The van der Waals surface area contributed by atoms with Crippen LogP contribution in [-0.2, 0) is 19.1 Å². The van der Waals surface area contributed by atoms with Crippen molar-refractivity contribution in [2.45, 2.75) is 47.0 Å². The van der Waals surface area contributed by atoms with Crippen LogP contribution in [0.25, 0.3) is 0 Å². The summed E-state index contributed by atoms with van der Waals surface area (Å²) in [6, 6.07) is -0.692. The number of halogens is 3. The van der Waals surface area contributed by atoms with Gasteiger partial charge in [-0.3, -0.25) is 9.59 Å². The van der Waals surface area contributed by atoms with E-state index in [1.165, 1.54) is 0 Å². The second kappa shape index (κ2) is 8.24. The van der Waals surface area contributed by atoms with Gasteiger partial charge in [-0.2, -0.15) is 0 Å². The van der Waals surface area contributed by atoms with Gasteiger partial charge in [-0.15, -0.1) is 0 Å². The number of ether oxygens (including phenoxy) is 2. The standard InChI is InChI=1S/C12H16Cl3NO7S/c13-12(14,15)3-22-11-7(19)5(17)6(18)8(23-11)9(20)16-4-1-2-24-10(4)21/h4-8,11,17-19H,1-3H2,(H,16,20)/t4?,5?,6-,7?,8?,11+/m0/s1. The maximum Gasteiger partial charge on any atom is 0.252 e. The summed E-state index contributed by atoms with van der Waals surface area (Å²) >= 11 is 17.7. The van der Waals surface area contributed by atoms with Crippen LogP contribution < -0.4 is 5.32 Å². The number of thioether (sulfide) groups is 1. The van der Waals surface area contributed by atoms with Crippen LogP contribution in [0.1, 0.15) is 6.42 Å². The Morgan fingerprint density at radius 2 is 1.96 bits per heavy atom. The van der Waals surface area contributed by atoms with Crippen LogP contribution in [0, 0.1) is 0 Å². The van der Waals surface area contributed by atoms with E-state index in [-0.39, 0.29) is 5.12 Å². The number of hydrogen-bond donors (Lipinski definition) is 4. The monoisotopic (exact) mass is 423 g/mol. The lowest BCUT2D eigenvalue weighted by molar-refractivity contribution is -0.290. The van der Waals surface area contributed by atoms with E-state index in [2.05, 4.69) is 5.32 Å². The molecule has 0 saturated carbocycles. The Balaban J connectivity index is 2.02. The number of carbonyl (C=O) groups excluding carboxylic acids is 2. The Hall–Kier alpha value is 0.160. The first-order chi connectivity index (χ1) is 11.1. The molecule has 0 spiro atoms. The number of amides is 1. The molecule has 24 heavy (non-hydrogen) atoms. The van der Waals surface area contributed by atoms with Crippen LogP contribution in [0.15, 0.2) is 0 Å². The van der Waals surface area contributed by atoms with Crippen molar-refractivity contribution < 1.29 is 34.4 Å². The quantitative estimate of drug-likeness (QED) is 0.438. The fourth-order valence-electron chi connectivity index (χ4n) is 2.26. The van der Waals surface area contributed by atoms with Crippen LogP contribution in [0.2, 0.25) is 0 Å². The van der Waals surface area contributed by atoms with Crippen LogP contribution in [0.3, 0.4) is 0 Å². The third-order valence-corrected chi connectivity index (χ3v) is 4.83. The lowest BCUT2D eigenvalue weighted by Gasteiger charge is -2.40. The Kier molecular flexibility index (Phi) is 7.03. The molecule has 0 bridgehead atoms. The summed E-state index contributed by atoms with van der Waals surface area (Å²) in [4.78, 5) is 23.8. The molecule has 12 heteroatoms.